The molecule has 1 N–H and O–H groups in total. The number of halogens is 1. The first kappa shape index (κ1) is 12.4. The Bertz CT molecular complexity index is 384. The summed E-state index contributed by atoms with van der Waals surface area (Å²) >= 11 is 6.03. The van der Waals surface area contributed by atoms with Gasteiger partial charge in [-0.15, -0.1) is 11.6 Å². The highest BCUT2D eigenvalue weighted by Crippen LogP contribution is 2.26. The molecular weight excluding hydrogens is 240 g/mol. The Morgan fingerprint density at radius 1 is 1.53 bits per heavy atom. The zero-order valence-corrected chi connectivity index (χ0v) is 10.7. The van der Waals surface area contributed by atoms with Crippen LogP contribution < -0.4 is 5.32 Å². The van der Waals surface area contributed by atoms with Crippen LogP contribution >= 0.6 is 11.6 Å². The summed E-state index contributed by atoms with van der Waals surface area (Å²) in [6, 6.07) is 1.64. The maximum atomic E-state index is 11.7. The average Bonchev–Trinajstić information content (AvgIpc) is 2.75. The number of hydrogen-bond acceptors (Lipinski definition) is 3. The number of aryl methyl sites for hydroxylation is 1. The quantitative estimate of drug-likeness (QED) is 0.846. The van der Waals surface area contributed by atoms with Crippen molar-refractivity contribution < 1.29 is 9.32 Å². The first-order valence-corrected chi connectivity index (χ1v) is 6.44. The second-order valence-electron chi connectivity index (χ2n) is 4.66. The molecule has 5 heteroatoms. The van der Waals surface area contributed by atoms with Crippen LogP contribution in [-0.2, 0) is 0 Å². The van der Waals surface area contributed by atoms with E-state index in [2.05, 4.69) is 10.5 Å². The van der Waals surface area contributed by atoms with E-state index in [-0.39, 0.29) is 11.7 Å². The Labute approximate surface area is 106 Å². The van der Waals surface area contributed by atoms with Gasteiger partial charge >= 0.3 is 0 Å². The Morgan fingerprint density at radius 2 is 2.24 bits per heavy atom. The molecule has 2 rings (SSSR count). The lowest BCUT2D eigenvalue weighted by Crippen LogP contribution is -2.31. The van der Waals surface area contributed by atoms with Crippen molar-refractivity contribution in [3.8, 4) is 0 Å². The maximum absolute atomic E-state index is 11.7. The summed E-state index contributed by atoms with van der Waals surface area (Å²) in [6.45, 7) is 2.49. The third-order valence-corrected chi connectivity index (χ3v) is 3.62. The van der Waals surface area contributed by atoms with Gasteiger partial charge in [0.2, 0.25) is 5.76 Å². The second kappa shape index (κ2) is 5.54. The van der Waals surface area contributed by atoms with E-state index in [9.17, 15) is 4.79 Å². The van der Waals surface area contributed by atoms with E-state index in [1.54, 1.807) is 13.0 Å². The van der Waals surface area contributed by atoms with Crippen molar-refractivity contribution in [2.24, 2.45) is 5.92 Å². The molecule has 0 atom stereocenters. The standard InChI is InChI=1S/C12H17ClN2O2/c1-8-6-11(17-15-8)12(16)14-7-9-2-4-10(13)5-3-9/h6,9-10H,2-5,7H2,1H3,(H,14,16). The SMILES string of the molecule is Cc1cc(C(=O)NCC2CCC(Cl)CC2)on1. The number of aromatic nitrogens is 1. The molecule has 17 heavy (non-hydrogen) atoms. The molecule has 1 aromatic rings. The second-order valence-corrected chi connectivity index (χ2v) is 5.28. The monoisotopic (exact) mass is 256 g/mol. The zero-order valence-electron chi connectivity index (χ0n) is 9.91. The van der Waals surface area contributed by atoms with Crippen molar-refractivity contribution in [3.63, 3.8) is 0 Å². The summed E-state index contributed by atoms with van der Waals surface area (Å²) in [5.74, 6) is 0.644. The topological polar surface area (TPSA) is 55.1 Å². The average molecular weight is 257 g/mol. The highest BCUT2D eigenvalue weighted by molar-refractivity contribution is 6.20. The van der Waals surface area contributed by atoms with Crippen molar-refractivity contribution >= 4 is 17.5 Å². The summed E-state index contributed by atoms with van der Waals surface area (Å²) in [6.07, 6.45) is 4.26. The van der Waals surface area contributed by atoms with Crippen molar-refractivity contribution in [2.45, 2.75) is 38.0 Å². The minimum atomic E-state index is -0.182. The molecule has 0 unspecified atom stereocenters. The number of hydrogen-bond donors (Lipinski definition) is 1. The molecule has 1 aliphatic carbocycles. The van der Waals surface area contributed by atoms with Gasteiger partial charge in [-0.25, -0.2) is 0 Å². The minimum absolute atomic E-state index is 0.182. The van der Waals surface area contributed by atoms with Gasteiger partial charge in [-0.05, 0) is 38.5 Å². The smallest absolute Gasteiger partial charge is 0.289 e. The predicted molar refractivity (Wildman–Crippen MR) is 65.2 cm³/mol. The Hall–Kier alpha value is -1.03. The Kier molecular flexibility index (Phi) is 4.05. The van der Waals surface area contributed by atoms with Crippen LogP contribution in [0.25, 0.3) is 0 Å². The number of carbonyl (C=O) groups excluding carboxylic acids is 1. The fourth-order valence-electron chi connectivity index (χ4n) is 2.12. The molecule has 1 aliphatic rings. The van der Waals surface area contributed by atoms with Crippen molar-refractivity contribution in [3.05, 3.63) is 17.5 Å². The lowest BCUT2D eigenvalue weighted by atomic mass is 9.89. The van der Waals surface area contributed by atoms with Gasteiger partial charge in [0.05, 0.1) is 5.69 Å². The minimum Gasteiger partial charge on any atom is -0.351 e. The van der Waals surface area contributed by atoms with E-state index in [1.807, 2.05) is 0 Å². The van der Waals surface area contributed by atoms with Gasteiger partial charge < -0.3 is 9.84 Å². The summed E-state index contributed by atoms with van der Waals surface area (Å²) < 4.78 is 4.90. The lowest BCUT2D eigenvalue weighted by molar-refractivity contribution is 0.0906. The van der Waals surface area contributed by atoms with Gasteiger partial charge in [0.25, 0.3) is 5.91 Å². The number of nitrogens with zero attached hydrogens (tertiary/aromatic N) is 1. The third kappa shape index (κ3) is 3.46. The summed E-state index contributed by atoms with van der Waals surface area (Å²) in [5, 5.41) is 6.89. The van der Waals surface area contributed by atoms with E-state index in [4.69, 9.17) is 16.1 Å². The molecule has 1 amide bonds. The van der Waals surface area contributed by atoms with Crippen LogP contribution in [0.2, 0.25) is 0 Å². The van der Waals surface area contributed by atoms with Crippen molar-refractivity contribution in [1.82, 2.24) is 10.5 Å². The molecule has 1 fully saturated rings. The molecule has 0 aliphatic heterocycles. The normalized spacial score (nSPS) is 24.6. The summed E-state index contributed by atoms with van der Waals surface area (Å²) in [7, 11) is 0. The molecule has 0 radical (unpaired) electrons. The van der Waals surface area contributed by atoms with Crippen molar-refractivity contribution in [1.29, 1.82) is 0 Å². The van der Waals surface area contributed by atoms with Crippen LogP contribution in [0.5, 0.6) is 0 Å². The molecule has 0 spiro atoms. The van der Waals surface area contributed by atoms with Crippen molar-refractivity contribution in [2.75, 3.05) is 6.54 Å². The maximum Gasteiger partial charge on any atom is 0.289 e. The molecule has 0 bridgehead atoms. The van der Waals surface area contributed by atoms with E-state index in [0.717, 1.165) is 31.4 Å². The molecule has 94 valence electrons. The number of amides is 1. The molecule has 4 nitrogen and oxygen atoms in total. The fourth-order valence-corrected chi connectivity index (χ4v) is 2.37. The van der Waals surface area contributed by atoms with Crippen LogP contribution in [0.3, 0.4) is 0 Å². The van der Waals surface area contributed by atoms with Gasteiger partial charge in [0, 0.05) is 18.0 Å². The number of rotatable bonds is 3. The van der Waals surface area contributed by atoms with Gasteiger partial charge in [-0.3, -0.25) is 4.79 Å². The van der Waals surface area contributed by atoms with E-state index in [1.165, 1.54) is 0 Å². The van der Waals surface area contributed by atoms with Gasteiger partial charge in [0.1, 0.15) is 0 Å². The van der Waals surface area contributed by atoms with E-state index >= 15 is 0 Å². The van der Waals surface area contributed by atoms with Crippen LogP contribution in [-0.4, -0.2) is 23.0 Å². The first-order valence-electron chi connectivity index (χ1n) is 6.00. The number of carbonyl (C=O) groups is 1. The summed E-state index contributed by atoms with van der Waals surface area (Å²) in [5.41, 5.74) is 0.720. The molecule has 1 aromatic heterocycles. The van der Waals surface area contributed by atoms with E-state index in [0.29, 0.717) is 17.8 Å². The molecule has 0 aromatic carbocycles. The third-order valence-electron chi connectivity index (χ3n) is 3.18. The Morgan fingerprint density at radius 3 is 2.82 bits per heavy atom. The molecular formula is C12H17ClN2O2. The largest absolute Gasteiger partial charge is 0.351 e. The molecule has 1 saturated carbocycles. The first-order chi connectivity index (χ1) is 8.15. The molecule has 1 heterocycles. The van der Waals surface area contributed by atoms with Crippen LogP contribution in [0.1, 0.15) is 41.9 Å². The van der Waals surface area contributed by atoms with Gasteiger partial charge in [-0.1, -0.05) is 5.16 Å². The lowest BCUT2D eigenvalue weighted by Gasteiger charge is -2.24. The highest BCUT2D eigenvalue weighted by Gasteiger charge is 2.20. The van der Waals surface area contributed by atoms with Gasteiger partial charge in [-0.2, -0.15) is 0 Å². The van der Waals surface area contributed by atoms with Crippen LogP contribution in [0.15, 0.2) is 10.6 Å². The van der Waals surface area contributed by atoms with Gasteiger partial charge in [0.15, 0.2) is 0 Å². The Balaban J connectivity index is 1.76. The number of alkyl halides is 1. The van der Waals surface area contributed by atoms with Crippen LogP contribution in [0, 0.1) is 12.8 Å². The summed E-state index contributed by atoms with van der Waals surface area (Å²) in [4.78, 5) is 11.7. The fraction of sp³-hybridized carbons (Fsp3) is 0.667. The number of nitrogens with one attached hydrogen (secondary N) is 1. The molecule has 0 saturated heterocycles. The van der Waals surface area contributed by atoms with Crippen LogP contribution in [0.4, 0.5) is 0 Å². The van der Waals surface area contributed by atoms with E-state index < -0.39 is 0 Å². The zero-order chi connectivity index (χ0) is 12.3. The highest BCUT2D eigenvalue weighted by atomic mass is 35.5. The predicted octanol–water partition coefficient (Wildman–Crippen LogP) is 2.51.